The Balaban J connectivity index is 1.11. The summed E-state index contributed by atoms with van der Waals surface area (Å²) in [5.41, 5.74) is 17.6. The quantitative estimate of drug-likeness (QED) is 0.149. The summed E-state index contributed by atoms with van der Waals surface area (Å²) in [7, 11) is 17.1. The molecule has 0 fully saturated rings. The van der Waals surface area contributed by atoms with Gasteiger partial charge < -0.3 is 39.2 Å². The highest BCUT2D eigenvalue weighted by atomic mass is 15.2. The van der Waals surface area contributed by atoms with E-state index in [4.69, 9.17) is 0 Å². The van der Waals surface area contributed by atoms with E-state index in [1.54, 1.807) is 0 Å². The first kappa shape index (κ1) is 41.5. The predicted octanol–water partition coefficient (Wildman–Crippen LogP) is 14.1. The number of hydrogen-bond donors (Lipinski definition) is 0. The van der Waals surface area contributed by atoms with Crippen molar-refractivity contribution < 1.29 is 0 Å². The minimum atomic E-state index is 1.10. The maximum Gasteiger partial charge on any atom is 0.0429 e. The van der Waals surface area contributed by atoms with Gasteiger partial charge in [-0.15, -0.1) is 0 Å². The Hall–Kier alpha value is -7.84. The molecule has 0 aromatic heterocycles. The molecule has 0 atom stereocenters. The van der Waals surface area contributed by atoms with E-state index in [1.807, 2.05) is 0 Å². The van der Waals surface area contributed by atoms with Gasteiger partial charge in [-0.05, 0) is 146 Å². The third-order valence-electron chi connectivity index (χ3n) is 12.8. The second-order valence-electron chi connectivity index (χ2n) is 16.6. The van der Waals surface area contributed by atoms with Crippen LogP contribution in [0.4, 0.5) is 91.0 Å². The van der Waals surface area contributed by atoms with E-state index >= 15 is 0 Å². The molecule has 1 aliphatic heterocycles. The number of anilines is 16. The van der Waals surface area contributed by atoms with Gasteiger partial charge in [0.25, 0.3) is 0 Å². The van der Waals surface area contributed by atoms with Gasteiger partial charge in [0.15, 0.2) is 0 Å². The monoisotopic (exact) mass is 840 g/mol. The molecule has 16 bridgehead atoms. The number of rotatable bonds is 0. The standard InChI is InChI=1S/C56H56N8/c1-57-41-17-9-19-43(33-41)58(2)45-21-11-23-47(35-45)60(4)49-25-13-27-51(37-49)62(6)53-29-15-31-55(39-53)64(8)56-32-16-30-54(40-56)63(7)52-28-14-26-50(38-52)61(5)48-24-12-22-46(36-48)59(3)44-20-10-18-42(57)34-44/h9-40H,1-8H3. The van der Waals surface area contributed by atoms with Crippen LogP contribution in [0.1, 0.15) is 0 Å². The SMILES string of the molecule is CN1c2cccc(c2)N(C)c2cccc(c2)N(C)c2cccc(c2)N(C)c2cccc(c2)N(C)c2cccc(c2)N(C)c2cccc(c2)N(C)c2cccc(c2)N(C)c2cccc1c2. The summed E-state index contributed by atoms with van der Waals surface area (Å²) in [6.45, 7) is 0. The Kier molecular flexibility index (Phi) is 11.3. The van der Waals surface area contributed by atoms with Gasteiger partial charge in [-0.2, -0.15) is 0 Å². The van der Waals surface area contributed by atoms with Crippen LogP contribution in [0.5, 0.6) is 0 Å². The second-order valence-corrected chi connectivity index (χ2v) is 16.6. The number of hydrogen-bond acceptors (Lipinski definition) is 8. The minimum absolute atomic E-state index is 1.10. The van der Waals surface area contributed by atoms with Crippen molar-refractivity contribution in [1.82, 2.24) is 0 Å². The molecule has 0 saturated carbocycles. The zero-order valence-corrected chi connectivity index (χ0v) is 38.1. The lowest BCUT2D eigenvalue weighted by molar-refractivity contribution is 1.15. The lowest BCUT2D eigenvalue weighted by atomic mass is 10.1. The first-order valence-electron chi connectivity index (χ1n) is 21.7. The van der Waals surface area contributed by atoms with Crippen molar-refractivity contribution >= 4 is 91.0 Å². The van der Waals surface area contributed by atoms with Gasteiger partial charge in [-0.1, -0.05) is 48.5 Å². The van der Waals surface area contributed by atoms with E-state index in [9.17, 15) is 0 Å². The first-order chi connectivity index (χ1) is 31.0. The number of fused-ring (bicyclic) bond motifs is 16. The van der Waals surface area contributed by atoms with E-state index in [2.05, 4.69) is 290 Å². The van der Waals surface area contributed by atoms with Crippen LogP contribution in [0, 0.1) is 0 Å². The summed E-state index contributed by atoms with van der Waals surface area (Å²) in [6, 6.07) is 69.9. The average Bonchev–Trinajstić information content (AvgIpc) is 3.36. The van der Waals surface area contributed by atoms with Crippen molar-refractivity contribution in [2.75, 3.05) is 95.6 Å². The molecule has 8 aromatic rings. The van der Waals surface area contributed by atoms with Gasteiger partial charge in [0.1, 0.15) is 0 Å². The maximum absolute atomic E-state index is 2.25. The summed E-state index contributed by atoms with van der Waals surface area (Å²) in [6.07, 6.45) is 0. The highest BCUT2D eigenvalue weighted by Gasteiger charge is 2.17. The second kappa shape index (κ2) is 17.5. The molecule has 8 heteroatoms. The Morgan fingerprint density at radius 2 is 0.234 bits per heavy atom. The van der Waals surface area contributed by atoms with E-state index in [0.29, 0.717) is 0 Å². The van der Waals surface area contributed by atoms with Crippen LogP contribution in [-0.4, -0.2) is 56.4 Å². The van der Waals surface area contributed by atoms with Crippen LogP contribution in [-0.2, 0) is 0 Å². The van der Waals surface area contributed by atoms with Crippen LogP contribution < -0.4 is 39.2 Å². The third kappa shape index (κ3) is 8.26. The van der Waals surface area contributed by atoms with Crippen molar-refractivity contribution in [1.29, 1.82) is 0 Å². The van der Waals surface area contributed by atoms with Gasteiger partial charge in [0.05, 0.1) is 0 Å². The van der Waals surface area contributed by atoms with Crippen molar-refractivity contribution in [3.63, 3.8) is 0 Å². The Bertz CT molecular complexity index is 2180. The van der Waals surface area contributed by atoms with Gasteiger partial charge >= 0.3 is 0 Å². The van der Waals surface area contributed by atoms with E-state index in [1.165, 1.54) is 0 Å². The topological polar surface area (TPSA) is 25.9 Å². The summed E-state index contributed by atoms with van der Waals surface area (Å²) >= 11 is 0. The van der Waals surface area contributed by atoms with Crippen LogP contribution in [0.15, 0.2) is 194 Å². The molecule has 320 valence electrons. The minimum Gasteiger partial charge on any atom is -0.344 e. The fourth-order valence-corrected chi connectivity index (χ4v) is 8.47. The first-order valence-corrected chi connectivity index (χ1v) is 21.7. The third-order valence-corrected chi connectivity index (χ3v) is 12.8. The molecule has 8 aromatic carbocycles. The summed E-state index contributed by atoms with van der Waals surface area (Å²) in [5.74, 6) is 0. The lowest BCUT2D eigenvalue weighted by Gasteiger charge is -2.28. The van der Waals surface area contributed by atoms with Crippen molar-refractivity contribution in [2.24, 2.45) is 0 Å². The highest BCUT2D eigenvalue weighted by molar-refractivity contribution is 5.80. The van der Waals surface area contributed by atoms with Crippen LogP contribution in [0.25, 0.3) is 0 Å². The molecule has 1 heterocycles. The van der Waals surface area contributed by atoms with E-state index in [-0.39, 0.29) is 0 Å². The fraction of sp³-hybridized carbons (Fsp3) is 0.143. The van der Waals surface area contributed by atoms with Gasteiger partial charge in [0, 0.05) is 147 Å². The number of nitrogens with zero attached hydrogens (tertiary/aromatic N) is 8. The zero-order chi connectivity index (χ0) is 44.5. The van der Waals surface area contributed by atoms with Crippen molar-refractivity contribution in [3.8, 4) is 0 Å². The van der Waals surface area contributed by atoms with Gasteiger partial charge in [-0.3, -0.25) is 0 Å². The molecule has 0 radical (unpaired) electrons. The Morgan fingerprint density at radius 1 is 0.156 bits per heavy atom. The molecular formula is C56H56N8. The van der Waals surface area contributed by atoms with Crippen molar-refractivity contribution in [3.05, 3.63) is 194 Å². The van der Waals surface area contributed by atoms with Gasteiger partial charge in [0.2, 0.25) is 0 Å². The van der Waals surface area contributed by atoms with E-state index in [0.717, 1.165) is 91.0 Å². The zero-order valence-electron chi connectivity index (χ0n) is 38.1. The molecule has 0 spiro atoms. The van der Waals surface area contributed by atoms with Crippen LogP contribution in [0.2, 0.25) is 0 Å². The Morgan fingerprint density at radius 3 is 0.312 bits per heavy atom. The molecular weight excluding hydrogens is 785 g/mol. The van der Waals surface area contributed by atoms with Crippen LogP contribution >= 0.6 is 0 Å². The molecule has 0 N–H and O–H groups in total. The molecule has 0 saturated heterocycles. The normalized spacial score (nSPS) is 13.4. The summed E-state index contributed by atoms with van der Waals surface area (Å²) < 4.78 is 0. The highest BCUT2D eigenvalue weighted by Crippen LogP contribution is 2.39. The number of benzene rings is 8. The maximum atomic E-state index is 2.25. The Labute approximate surface area is 379 Å². The lowest BCUT2D eigenvalue weighted by Crippen LogP contribution is -2.16. The molecule has 0 amide bonds. The molecule has 9 rings (SSSR count). The largest absolute Gasteiger partial charge is 0.344 e. The summed E-state index contributed by atoms with van der Waals surface area (Å²) in [4.78, 5) is 18.0. The van der Waals surface area contributed by atoms with Gasteiger partial charge in [-0.25, -0.2) is 0 Å². The molecule has 0 unspecified atom stereocenters. The molecule has 8 nitrogen and oxygen atoms in total. The summed E-state index contributed by atoms with van der Waals surface area (Å²) in [5, 5.41) is 0. The molecule has 64 heavy (non-hydrogen) atoms. The van der Waals surface area contributed by atoms with E-state index < -0.39 is 0 Å². The molecule has 1 aliphatic rings. The fourth-order valence-electron chi connectivity index (χ4n) is 8.47. The van der Waals surface area contributed by atoms with Crippen LogP contribution in [0.3, 0.4) is 0 Å². The molecule has 0 aliphatic carbocycles. The predicted molar refractivity (Wildman–Crippen MR) is 276 cm³/mol. The average molecular weight is 841 g/mol. The smallest absolute Gasteiger partial charge is 0.0429 e. The van der Waals surface area contributed by atoms with Crippen molar-refractivity contribution in [2.45, 2.75) is 0 Å².